The molecule has 0 atom stereocenters. The van der Waals surface area contributed by atoms with Crippen LogP contribution in [0.3, 0.4) is 0 Å². The molecule has 1 saturated heterocycles. The van der Waals surface area contributed by atoms with Gasteiger partial charge in [-0.1, -0.05) is 12.1 Å². The molecule has 0 aliphatic carbocycles. The van der Waals surface area contributed by atoms with Gasteiger partial charge in [0.25, 0.3) is 5.91 Å². The van der Waals surface area contributed by atoms with Gasteiger partial charge < -0.3 is 14.8 Å². The maximum atomic E-state index is 12.5. The fraction of sp³-hybridized carbons (Fsp3) is 0.350. The molecule has 1 N–H and O–H groups in total. The van der Waals surface area contributed by atoms with Crippen LogP contribution in [0.15, 0.2) is 42.5 Å². The van der Waals surface area contributed by atoms with Crippen molar-refractivity contribution in [2.24, 2.45) is 0 Å². The van der Waals surface area contributed by atoms with Crippen LogP contribution in [0.2, 0.25) is 0 Å². The quantitative estimate of drug-likeness (QED) is 0.874. The molecule has 1 aliphatic rings. The Balaban J connectivity index is 1.66. The first-order valence-electron chi connectivity index (χ1n) is 8.54. The van der Waals surface area contributed by atoms with Crippen LogP contribution < -0.4 is 14.8 Å². The van der Waals surface area contributed by atoms with E-state index in [9.17, 15) is 4.79 Å². The van der Waals surface area contributed by atoms with Gasteiger partial charge in [0.15, 0.2) is 0 Å². The van der Waals surface area contributed by atoms with E-state index in [1.807, 2.05) is 24.3 Å². The van der Waals surface area contributed by atoms with Gasteiger partial charge >= 0.3 is 0 Å². The van der Waals surface area contributed by atoms with Gasteiger partial charge in [-0.2, -0.15) is 0 Å². The molecule has 0 spiro atoms. The summed E-state index contributed by atoms with van der Waals surface area (Å²) in [7, 11) is 3.16. The summed E-state index contributed by atoms with van der Waals surface area (Å²) in [5, 5.41) is 2.89. The third-order valence-corrected chi connectivity index (χ3v) is 4.48. The Kier molecular flexibility index (Phi) is 5.56. The minimum Gasteiger partial charge on any atom is -0.497 e. The van der Waals surface area contributed by atoms with E-state index in [2.05, 4.69) is 10.2 Å². The summed E-state index contributed by atoms with van der Waals surface area (Å²) in [4.78, 5) is 14.9. The predicted octanol–water partition coefficient (Wildman–Crippen LogP) is 3.55. The number of nitrogens with zero attached hydrogens (tertiary/aromatic N) is 1. The summed E-state index contributed by atoms with van der Waals surface area (Å²) < 4.78 is 10.5. The number of likely N-dealkylation sites (tertiary alicyclic amines) is 1. The zero-order valence-electron chi connectivity index (χ0n) is 14.7. The first-order valence-corrected chi connectivity index (χ1v) is 8.54. The average Bonchev–Trinajstić information content (AvgIpc) is 3.15. The van der Waals surface area contributed by atoms with Crippen molar-refractivity contribution in [1.29, 1.82) is 0 Å². The molecule has 5 heteroatoms. The molecule has 0 radical (unpaired) electrons. The summed E-state index contributed by atoms with van der Waals surface area (Å²) in [5.74, 6) is 1.09. The summed E-state index contributed by atoms with van der Waals surface area (Å²) in [6, 6.07) is 13.1. The van der Waals surface area contributed by atoms with Gasteiger partial charge in [0, 0.05) is 18.2 Å². The third kappa shape index (κ3) is 4.31. The maximum Gasteiger partial charge on any atom is 0.255 e. The van der Waals surface area contributed by atoms with Crippen LogP contribution in [0.25, 0.3) is 0 Å². The second-order valence-corrected chi connectivity index (χ2v) is 6.20. The average molecular weight is 340 g/mol. The Morgan fingerprint density at radius 2 is 1.76 bits per heavy atom. The van der Waals surface area contributed by atoms with Gasteiger partial charge in [0.2, 0.25) is 0 Å². The summed E-state index contributed by atoms with van der Waals surface area (Å²) in [5.41, 5.74) is 2.48. The number of carbonyl (C=O) groups is 1. The van der Waals surface area contributed by atoms with Crippen LogP contribution in [0, 0.1) is 0 Å². The lowest BCUT2D eigenvalue weighted by molar-refractivity contribution is 0.102. The minimum atomic E-state index is -0.156. The van der Waals surface area contributed by atoms with Crippen molar-refractivity contribution in [1.82, 2.24) is 4.90 Å². The normalized spacial score (nSPS) is 14.3. The molecule has 1 aliphatic heterocycles. The number of amides is 1. The van der Waals surface area contributed by atoms with Crippen LogP contribution in [0.4, 0.5) is 5.69 Å². The molecule has 0 saturated carbocycles. The molecule has 0 aromatic heterocycles. The van der Waals surface area contributed by atoms with Crippen molar-refractivity contribution in [3.05, 3.63) is 53.6 Å². The largest absolute Gasteiger partial charge is 0.497 e. The second-order valence-electron chi connectivity index (χ2n) is 6.20. The Hall–Kier alpha value is -2.53. The number of hydrogen-bond acceptors (Lipinski definition) is 4. The van der Waals surface area contributed by atoms with E-state index >= 15 is 0 Å². The molecule has 0 bridgehead atoms. The number of nitrogens with one attached hydrogen (secondary N) is 1. The number of carbonyl (C=O) groups excluding carboxylic acids is 1. The number of rotatable bonds is 6. The van der Waals surface area contributed by atoms with Gasteiger partial charge in [-0.15, -0.1) is 0 Å². The molecule has 1 fully saturated rings. The van der Waals surface area contributed by atoms with Crippen molar-refractivity contribution in [2.45, 2.75) is 19.4 Å². The van der Waals surface area contributed by atoms with Crippen LogP contribution in [0.1, 0.15) is 28.8 Å². The zero-order chi connectivity index (χ0) is 17.6. The summed E-state index contributed by atoms with van der Waals surface area (Å²) in [6.07, 6.45) is 2.56. The van der Waals surface area contributed by atoms with Crippen molar-refractivity contribution >= 4 is 11.6 Å². The number of benzene rings is 2. The molecule has 1 amide bonds. The van der Waals surface area contributed by atoms with E-state index in [1.54, 1.807) is 32.4 Å². The zero-order valence-corrected chi connectivity index (χ0v) is 14.7. The van der Waals surface area contributed by atoms with Gasteiger partial charge in [-0.3, -0.25) is 9.69 Å². The van der Waals surface area contributed by atoms with E-state index in [4.69, 9.17) is 9.47 Å². The molecular formula is C20H24N2O3. The Bertz CT molecular complexity index is 722. The second kappa shape index (κ2) is 8.03. The van der Waals surface area contributed by atoms with E-state index < -0.39 is 0 Å². The van der Waals surface area contributed by atoms with Crippen molar-refractivity contribution in [2.75, 3.05) is 32.6 Å². The van der Waals surface area contributed by atoms with Crippen molar-refractivity contribution < 1.29 is 14.3 Å². The van der Waals surface area contributed by atoms with Crippen LogP contribution >= 0.6 is 0 Å². The van der Waals surface area contributed by atoms with E-state index in [-0.39, 0.29) is 5.91 Å². The third-order valence-electron chi connectivity index (χ3n) is 4.48. The SMILES string of the molecule is COc1ccc(NC(=O)c2ccc(CN3CCCC3)cc2)c(OC)c1. The van der Waals surface area contributed by atoms with E-state index in [1.165, 1.54) is 31.5 Å². The van der Waals surface area contributed by atoms with Gasteiger partial charge in [0.05, 0.1) is 19.9 Å². The molecule has 132 valence electrons. The predicted molar refractivity (Wildman–Crippen MR) is 98.5 cm³/mol. The lowest BCUT2D eigenvalue weighted by atomic mass is 10.1. The van der Waals surface area contributed by atoms with E-state index in [0.29, 0.717) is 22.7 Å². The van der Waals surface area contributed by atoms with Gasteiger partial charge in [0.1, 0.15) is 11.5 Å². The molecule has 3 rings (SSSR count). The van der Waals surface area contributed by atoms with Crippen LogP contribution in [0.5, 0.6) is 11.5 Å². The Morgan fingerprint density at radius 1 is 1.04 bits per heavy atom. The molecule has 2 aromatic rings. The fourth-order valence-electron chi connectivity index (χ4n) is 3.06. The minimum absolute atomic E-state index is 0.156. The number of ether oxygens (including phenoxy) is 2. The number of hydrogen-bond donors (Lipinski definition) is 1. The highest BCUT2D eigenvalue weighted by Crippen LogP contribution is 2.29. The topological polar surface area (TPSA) is 50.8 Å². The first kappa shape index (κ1) is 17.3. The smallest absolute Gasteiger partial charge is 0.255 e. The first-order chi connectivity index (χ1) is 12.2. The maximum absolute atomic E-state index is 12.5. The standard InChI is InChI=1S/C20H24N2O3/c1-24-17-9-10-18(19(13-17)25-2)21-20(23)16-7-5-15(6-8-16)14-22-11-3-4-12-22/h5-10,13H,3-4,11-12,14H2,1-2H3,(H,21,23). The molecule has 2 aromatic carbocycles. The fourth-order valence-corrected chi connectivity index (χ4v) is 3.06. The highest BCUT2D eigenvalue weighted by molar-refractivity contribution is 6.05. The lowest BCUT2D eigenvalue weighted by Crippen LogP contribution is -2.18. The van der Waals surface area contributed by atoms with Crippen molar-refractivity contribution in [3.8, 4) is 11.5 Å². The molecular weight excluding hydrogens is 316 g/mol. The highest BCUT2D eigenvalue weighted by Gasteiger charge is 2.13. The van der Waals surface area contributed by atoms with Gasteiger partial charge in [-0.05, 0) is 55.8 Å². The highest BCUT2D eigenvalue weighted by atomic mass is 16.5. The van der Waals surface area contributed by atoms with Crippen LogP contribution in [-0.4, -0.2) is 38.1 Å². The molecule has 5 nitrogen and oxygen atoms in total. The summed E-state index contributed by atoms with van der Waals surface area (Å²) >= 11 is 0. The molecule has 1 heterocycles. The monoisotopic (exact) mass is 340 g/mol. The van der Waals surface area contributed by atoms with Crippen molar-refractivity contribution in [3.63, 3.8) is 0 Å². The molecule has 0 unspecified atom stereocenters. The Labute approximate surface area is 148 Å². The van der Waals surface area contributed by atoms with Crippen LogP contribution in [-0.2, 0) is 6.54 Å². The summed E-state index contributed by atoms with van der Waals surface area (Å²) in [6.45, 7) is 3.28. The molecule has 25 heavy (non-hydrogen) atoms. The number of methoxy groups -OCH3 is 2. The Morgan fingerprint density at radius 3 is 2.40 bits per heavy atom. The van der Waals surface area contributed by atoms with E-state index in [0.717, 1.165) is 6.54 Å². The van der Waals surface area contributed by atoms with Gasteiger partial charge in [-0.25, -0.2) is 0 Å². The lowest BCUT2D eigenvalue weighted by Gasteiger charge is -2.15. The number of anilines is 1.